The molecule has 1 aromatic rings. The van der Waals surface area contributed by atoms with E-state index in [-0.39, 0.29) is 0 Å². The van der Waals surface area contributed by atoms with Crippen LogP contribution in [0.15, 0.2) is 18.2 Å². The van der Waals surface area contributed by atoms with Gasteiger partial charge in [0.25, 0.3) is 0 Å². The maximum absolute atomic E-state index is 6.13. The van der Waals surface area contributed by atoms with Gasteiger partial charge in [-0.2, -0.15) is 0 Å². The number of hydrogen-bond donors (Lipinski definition) is 1. The van der Waals surface area contributed by atoms with E-state index in [0.717, 1.165) is 25.7 Å². The van der Waals surface area contributed by atoms with Crippen molar-refractivity contribution in [2.45, 2.75) is 37.4 Å². The van der Waals surface area contributed by atoms with Gasteiger partial charge in [-0.15, -0.1) is 0 Å². The number of ether oxygens (including phenoxy) is 2. The van der Waals surface area contributed by atoms with Gasteiger partial charge in [0.2, 0.25) is 0 Å². The van der Waals surface area contributed by atoms with Gasteiger partial charge in [0.15, 0.2) is 5.79 Å². The number of methoxy groups -OCH3 is 2. The minimum atomic E-state index is -0.423. The van der Waals surface area contributed by atoms with Crippen molar-refractivity contribution < 1.29 is 9.47 Å². The Morgan fingerprint density at radius 3 is 2.29 bits per heavy atom. The first-order valence-electron chi connectivity index (χ1n) is 7.30. The van der Waals surface area contributed by atoms with E-state index < -0.39 is 5.79 Å². The van der Waals surface area contributed by atoms with Crippen LogP contribution in [0.2, 0.25) is 10.0 Å². The zero-order valence-electron chi connectivity index (χ0n) is 12.6. The lowest BCUT2D eigenvalue weighted by molar-refractivity contribution is -0.228. The Hall–Kier alpha value is -0.320. The fourth-order valence-electron chi connectivity index (χ4n) is 3.32. The van der Waals surface area contributed by atoms with Gasteiger partial charge >= 0.3 is 0 Å². The van der Waals surface area contributed by atoms with Gasteiger partial charge in [0, 0.05) is 27.1 Å². The smallest absolute Gasteiger partial charge is 0.167 e. The summed E-state index contributed by atoms with van der Waals surface area (Å²) in [5, 5.41) is 1.17. The van der Waals surface area contributed by atoms with Gasteiger partial charge in [-0.1, -0.05) is 29.3 Å². The standard InChI is InChI=1S/C16H23Cl2NO2/c1-20-16(21-2)7-5-11(6-8-16)13(10-19)12-3-4-14(17)15(18)9-12/h3-4,9,11,13H,5-8,10,19H2,1-2H3. The average Bonchev–Trinajstić information content (AvgIpc) is 2.52. The molecular formula is C16H23Cl2NO2. The first kappa shape index (κ1) is 17.0. The van der Waals surface area contributed by atoms with Crippen LogP contribution in [0.25, 0.3) is 0 Å². The van der Waals surface area contributed by atoms with Crippen molar-refractivity contribution in [3.63, 3.8) is 0 Å². The van der Waals surface area contributed by atoms with Crippen LogP contribution in [0, 0.1) is 5.92 Å². The van der Waals surface area contributed by atoms with Crippen LogP contribution in [0.5, 0.6) is 0 Å². The van der Waals surface area contributed by atoms with Gasteiger partial charge in [-0.25, -0.2) is 0 Å². The molecule has 1 fully saturated rings. The molecule has 0 amide bonds. The van der Waals surface area contributed by atoms with Crippen LogP contribution in [-0.2, 0) is 9.47 Å². The molecule has 0 saturated heterocycles. The molecule has 0 radical (unpaired) electrons. The van der Waals surface area contributed by atoms with Crippen molar-refractivity contribution in [3.05, 3.63) is 33.8 Å². The van der Waals surface area contributed by atoms with Crippen molar-refractivity contribution in [1.29, 1.82) is 0 Å². The Balaban J connectivity index is 2.11. The van der Waals surface area contributed by atoms with E-state index in [1.807, 2.05) is 18.2 Å². The molecule has 21 heavy (non-hydrogen) atoms. The second kappa shape index (κ2) is 7.30. The van der Waals surface area contributed by atoms with Crippen LogP contribution in [-0.4, -0.2) is 26.6 Å². The Labute approximate surface area is 136 Å². The van der Waals surface area contributed by atoms with E-state index in [0.29, 0.717) is 28.4 Å². The molecule has 2 N–H and O–H groups in total. The summed E-state index contributed by atoms with van der Waals surface area (Å²) >= 11 is 12.1. The fourth-order valence-corrected chi connectivity index (χ4v) is 3.62. The van der Waals surface area contributed by atoms with E-state index in [4.69, 9.17) is 38.4 Å². The van der Waals surface area contributed by atoms with Gasteiger partial charge in [0.05, 0.1) is 10.0 Å². The van der Waals surface area contributed by atoms with Gasteiger partial charge in [-0.05, 0) is 48.9 Å². The zero-order valence-corrected chi connectivity index (χ0v) is 14.1. The van der Waals surface area contributed by atoms with E-state index in [2.05, 4.69) is 0 Å². The Bertz CT molecular complexity index is 467. The summed E-state index contributed by atoms with van der Waals surface area (Å²) in [5.74, 6) is 0.393. The van der Waals surface area contributed by atoms with Crippen LogP contribution in [0.4, 0.5) is 0 Å². The third-order valence-electron chi connectivity index (χ3n) is 4.73. The maximum Gasteiger partial charge on any atom is 0.167 e. The number of halogens is 2. The molecule has 1 unspecified atom stereocenters. The third-order valence-corrected chi connectivity index (χ3v) is 5.47. The molecule has 0 aliphatic heterocycles. The summed E-state index contributed by atoms with van der Waals surface area (Å²) in [6, 6.07) is 5.81. The minimum absolute atomic E-state index is 0.298. The highest BCUT2D eigenvalue weighted by Crippen LogP contribution is 2.42. The summed E-state index contributed by atoms with van der Waals surface area (Å²) in [6.45, 7) is 0.607. The summed E-state index contributed by atoms with van der Waals surface area (Å²) in [7, 11) is 3.42. The van der Waals surface area contributed by atoms with Gasteiger partial charge in [-0.3, -0.25) is 0 Å². The lowest BCUT2D eigenvalue weighted by Crippen LogP contribution is -2.39. The molecule has 5 heteroatoms. The topological polar surface area (TPSA) is 44.5 Å². The molecule has 3 nitrogen and oxygen atoms in total. The fraction of sp³-hybridized carbons (Fsp3) is 0.625. The molecule has 1 atom stereocenters. The molecule has 118 valence electrons. The Morgan fingerprint density at radius 2 is 1.81 bits per heavy atom. The highest BCUT2D eigenvalue weighted by atomic mass is 35.5. The SMILES string of the molecule is COC1(OC)CCC(C(CN)c2ccc(Cl)c(Cl)c2)CC1. The molecular weight excluding hydrogens is 309 g/mol. The Kier molecular flexibility index (Phi) is 5.92. The molecule has 0 aromatic heterocycles. The summed E-state index contributed by atoms with van der Waals surface area (Å²) < 4.78 is 11.1. The number of rotatable bonds is 5. The van der Waals surface area contributed by atoms with Crippen molar-refractivity contribution in [3.8, 4) is 0 Å². The van der Waals surface area contributed by atoms with E-state index in [1.165, 1.54) is 5.56 Å². The van der Waals surface area contributed by atoms with Crippen molar-refractivity contribution in [1.82, 2.24) is 0 Å². The molecule has 1 saturated carbocycles. The molecule has 2 rings (SSSR count). The molecule has 1 aromatic carbocycles. The van der Waals surface area contributed by atoms with Crippen molar-refractivity contribution in [2.24, 2.45) is 11.7 Å². The largest absolute Gasteiger partial charge is 0.353 e. The molecule has 1 aliphatic rings. The lowest BCUT2D eigenvalue weighted by Gasteiger charge is -2.40. The summed E-state index contributed by atoms with van der Waals surface area (Å²) in [6.07, 6.45) is 3.85. The monoisotopic (exact) mass is 331 g/mol. The van der Waals surface area contributed by atoms with Crippen LogP contribution >= 0.6 is 23.2 Å². The van der Waals surface area contributed by atoms with Crippen LogP contribution < -0.4 is 5.73 Å². The minimum Gasteiger partial charge on any atom is -0.353 e. The zero-order chi connectivity index (χ0) is 15.5. The van der Waals surface area contributed by atoms with Crippen LogP contribution in [0.1, 0.15) is 37.2 Å². The Morgan fingerprint density at radius 1 is 1.19 bits per heavy atom. The maximum atomic E-state index is 6.13. The predicted molar refractivity (Wildman–Crippen MR) is 87.0 cm³/mol. The summed E-state index contributed by atoms with van der Waals surface area (Å²) in [4.78, 5) is 0. The van der Waals surface area contributed by atoms with E-state index >= 15 is 0 Å². The van der Waals surface area contributed by atoms with Crippen molar-refractivity contribution in [2.75, 3.05) is 20.8 Å². The normalized spacial score (nSPS) is 20.4. The lowest BCUT2D eigenvalue weighted by atomic mass is 9.75. The van der Waals surface area contributed by atoms with Crippen molar-refractivity contribution >= 4 is 23.2 Å². The molecule has 0 heterocycles. The summed E-state index contributed by atoms with van der Waals surface area (Å²) in [5.41, 5.74) is 7.18. The molecule has 1 aliphatic carbocycles. The van der Waals surface area contributed by atoms with Gasteiger partial charge < -0.3 is 15.2 Å². The number of nitrogens with two attached hydrogens (primary N) is 1. The van der Waals surface area contributed by atoms with E-state index in [1.54, 1.807) is 14.2 Å². The quantitative estimate of drug-likeness (QED) is 0.821. The first-order chi connectivity index (χ1) is 10.0. The third kappa shape index (κ3) is 3.72. The van der Waals surface area contributed by atoms with E-state index in [9.17, 15) is 0 Å². The van der Waals surface area contributed by atoms with Crippen LogP contribution in [0.3, 0.4) is 0 Å². The molecule has 0 spiro atoms. The number of benzene rings is 1. The van der Waals surface area contributed by atoms with Gasteiger partial charge in [0.1, 0.15) is 0 Å². The second-order valence-corrected chi connectivity index (χ2v) is 6.49. The number of hydrogen-bond acceptors (Lipinski definition) is 3. The predicted octanol–water partition coefficient (Wildman–Crippen LogP) is 4.22. The molecule has 0 bridgehead atoms. The average molecular weight is 332 g/mol. The second-order valence-electron chi connectivity index (χ2n) is 5.67. The first-order valence-corrected chi connectivity index (χ1v) is 8.06. The highest BCUT2D eigenvalue weighted by Gasteiger charge is 2.37. The highest BCUT2D eigenvalue weighted by molar-refractivity contribution is 6.42.